The number of hydrogen-bond donors (Lipinski definition) is 1. The lowest BCUT2D eigenvalue weighted by Gasteiger charge is -2.10. The SMILES string of the molecule is COc1ccc(CNc2cc(Cl)ccc2Cl)cc1Cl. The van der Waals surface area contributed by atoms with Crippen LogP contribution in [0, 0.1) is 0 Å². The Balaban J connectivity index is 2.10. The van der Waals surface area contributed by atoms with Gasteiger partial charge in [0.1, 0.15) is 5.75 Å². The molecule has 0 saturated heterocycles. The average Bonchev–Trinajstić information content (AvgIpc) is 2.40. The minimum atomic E-state index is 0.582. The molecule has 0 aliphatic rings. The summed E-state index contributed by atoms with van der Waals surface area (Å²) in [7, 11) is 1.59. The number of halogens is 3. The van der Waals surface area contributed by atoms with Crippen molar-refractivity contribution in [1.82, 2.24) is 0 Å². The van der Waals surface area contributed by atoms with Crippen molar-refractivity contribution >= 4 is 40.5 Å². The summed E-state index contributed by atoms with van der Waals surface area (Å²) in [6.07, 6.45) is 0. The predicted molar refractivity (Wildman–Crippen MR) is 81.8 cm³/mol. The zero-order valence-corrected chi connectivity index (χ0v) is 12.5. The highest BCUT2D eigenvalue weighted by Crippen LogP contribution is 2.28. The summed E-state index contributed by atoms with van der Waals surface area (Å²) >= 11 is 18.1. The van der Waals surface area contributed by atoms with Gasteiger partial charge in [-0.15, -0.1) is 0 Å². The standard InChI is InChI=1S/C14H12Cl3NO/c1-19-14-5-2-9(6-12(14)17)8-18-13-7-10(15)3-4-11(13)16/h2-7,18H,8H2,1H3. The van der Waals surface area contributed by atoms with Gasteiger partial charge in [0, 0.05) is 11.6 Å². The quantitative estimate of drug-likeness (QED) is 0.830. The second kappa shape index (κ2) is 6.38. The summed E-state index contributed by atoms with van der Waals surface area (Å²) < 4.78 is 5.11. The molecule has 0 bridgehead atoms. The Kier molecular flexibility index (Phi) is 4.81. The maximum atomic E-state index is 6.07. The van der Waals surface area contributed by atoms with E-state index in [0.717, 1.165) is 11.3 Å². The lowest BCUT2D eigenvalue weighted by molar-refractivity contribution is 0.415. The molecule has 0 radical (unpaired) electrons. The fourth-order valence-corrected chi connectivity index (χ4v) is 2.29. The average molecular weight is 317 g/mol. The van der Waals surface area contributed by atoms with Gasteiger partial charge in [0.05, 0.1) is 22.8 Å². The molecule has 0 atom stereocenters. The molecular weight excluding hydrogens is 305 g/mol. The molecule has 2 aromatic carbocycles. The summed E-state index contributed by atoms with van der Waals surface area (Å²) in [6.45, 7) is 0.601. The number of nitrogens with one attached hydrogen (secondary N) is 1. The number of hydrogen-bond acceptors (Lipinski definition) is 2. The Morgan fingerprint density at radius 1 is 1.00 bits per heavy atom. The van der Waals surface area contributed by atoms with Crippen molar-refractivity contribution in [3.05, 3.63) is 57.0 Å². The Morgan fingerprint density at radius 2 is 1.79 bits per heavy atom. The molecule has 5 heteroatoms. The molecule has 0 aliphatic heterocycles. The summed E-state index contributed by atoms with van der Waals surface area (Å²) in [4.78, 5) is 0. The summed E-state index contributed by atoms with van der Waals surface area (Å²) in [5, 5.41) is 5.07. The van der Waals surface area contributed by atoms with Crippen molar-refractivity contribution in [2.24, 2.45) is 0 Å². The molecule has 1 N–H and O–H groups in total. The van der Waals surface area contributed by atoms with Crippen molar-refractivity contribution in [3.63, 3.8) is 0 Å². The van der Waals surface area contributed by atoms with Crippen LogP contribution in [0.4, 0.5) is 5.69 Å². The van der Waals surface area contributed by atoms with Gasteiger partial charge in [-0.25, -0.2) is 0 Å². The minimum Gasteiger partial charge on any atom is -0.495 e. The third kappa shape index (κ3) is 3.69. The van der Waals surface area contributed by atoms with Gasteiger partial charge in [0.15, 0.2) is 0 Å². The highest BCUT2D eigenvalue weighted by atomic mass is 35.5. The van der Waals surface area contributed by atoms with Crippen LogP contribution in [0.5, 0.6) is 5.75 Å². The van der Waals surface area contributed by atoms with E-state index in [1.165, 1.54) is 0 Å². The van der Waals surface area contributed by atoms with Crippen molar-refractivity contribution in [2.75, 3.05) is 12.4 Å². The van der Waals surface area contributed by atoms with E-state index in [9.17, 15) is 0 Å². The van der Waals surface area contributed by atoms with Crippen LogP contribution < -0.4 is 10.1 Å². The van der Waals surface area contributed by atoms with Crippen LogP contribution in [-0.4, -0.2) is 7.11 Å². The minimum absolute atomic E-state index is 0.582. The first kappa shape index (κ1) is 14.3. The fraction of sp³-hybridized carbons (Fsp3) is 0.143. The lowest BCUT2D eigenvalue weighted by atomic mass is 10.2. The Bertz CT molecular complexity index is 587. The Labute approximate surface area is 127 Å². The first-order valence-corrected chi connectivity index (χ1v) is 6.75. The molecule has 0 aliphatic carbocycles. The van der Waals surface area contributed by atoms with E-state index >= 15 is 0 Å². The highest BCUT2D eigenvalue weighted by molar-refractivity contribution is 6.35. The summed E-state index contributed by atoms with van der Waals surface area (Å²) in [5.74, 6) is 0.659. The van der Waals surface area contributed by atoms with E-state index in [4.69, 9.17) is 39.5 Å². The van der Waals surface area contributed by atoms with E-state index in [0.29, 0.717) is 27.4 Å². The molecule has 0 aromatic heterocycles. The zero-order chi connectivity index (χ0) is 13.8. The molecule has 0 unspecified atom stereocenters. The first-order chi connectivity index (χ1) is 9.10. The van der Waals surface area contributed by atoms with Gasteiger partial charge in [-0.2, -0.15) is 0 Å². The van der Waals surface area contributed by atoms with Gasteiger partial charge in [-0.1, -0.05) is 40.9 Å². The number of ether oxygens (including phenoxy) is 1. The topological polar surface area (TPSA) is 21.3 Å². The second-order valence-electron chi connectivity index (χ2n) is 3.95. The molecule has 0 fully saturated rings. The van der Waals surface area contributed by atoms with E-state index in [1.807, 2.05) is 18.2 Å². The molecule has 0 saturated carbocycles. The van der Waals surface area contributed by atoms with E-state index < -0.39 is 0 Å². The monoisotopic (exact) mass is 315 g/mol. The van der Waals surface area contributed by atoms with Crippen LogP contribution in [0.2, 0.25) is 15.1 Å². The lowest BCUT2D eigenvalue weighted by Crippen LogP contribution is -2.00. The second-order valence-corrected chi connectivity index (χ2v) is 5.20. The predicted octanol–water partition coefficient (Wildman–Crippen LogP) is 5.27. The summed E-state index contributed by atoms with van der Waals surface area (Å²) in [5.41, 5.74) is 1.82. The van der Waals surface area contributed by atoms with Crippen molar-refractivity contribution in [2.45, 2.75) is 6.54 Å². The van der Waals surface area contributed by atoms with Gasteiger partial charge in [-0.05, 0) is 35.9 Å². The van der Waals surface area contributed by atoms with Gasteiger partial charge < -0.3 is 10.1 Å². The number of rotatable bonds is 4. The van der Waals surface area contributed by atoms with Gasteiger partial charge >= 0.3 is 0 Å². The maximum Gasteiger partial charge on any atom is 0.137 e. The van der Waals surface area contributed by atoms with E-state index in [1.54, 1.807) is 25.3 Å². The third-order valence-corrected chi connectivity index (χ3v) is 3.49. The molecule has 2 rings (SSSR count). The third-order valence-electron chi connectivity index (χ3n) is 2.63. The van der Waals surface area contributed by atoms with Gasteiger partial charge in [-0.3, -0.25) is 0 Å². The van der Waals surface area contributed by atoms with E-state index in [-0.39, 0.29) is 0 Å². The molecule has 0 amide bonds. The van der Waals surface area contributed by atoms with Gasteiger partial charge in [0.25, 0.3) is 0 Å². The zero-order valence-electron chi connectivity index (χ0n) is 10.2. The largest absolute Gasteiger partial charge is 0.495 e. The van der Waals surface area contributed by atoms with Crippen LogP contribution in [0.3, 0.4) is 0 Å². The molecule has 2 aromatic rings. The molecule has 19 heavy (non-hydrogen) atoms. The number of anilines is 1. The van der Waals surface area contributed by atoms with Gasteiger partial charge in [0.2, 0.25) is 0 Å². The molecule has 0 heterocycles. The molecule has 2 nitrogen and oxygen atoms in total. The number of benzene rings is 2. The van der Waals surface area contributed by atoms with Crippen LogP contribution in [0.25, 0.3) is 0 Å². The van der Waals surface area contributed by atoms with Crippen LogP contribution in [-0.2, 0) is 6.54 Å². The molecular formula is C14H12Cl3NO. The molecule has 0 spiro atoms. The number of methoxy groups -OCH3 is 1. The highest BCUT2D eigenvalue weighted by Gasteiger charge is 2.04. The van der Waals surface area contributed by atoms with Crippen LogP contribution >= 0.6 is 34.8 Å². The Hall–Kier alpha value is -1.09. The summed E-state index contributed by atoms with van der Waals surface area (Å²) in [6, 6.07) is 10.9. The molecule has 100 valence electrons. The Morgan fingerprint density at radius 3 is 2.47 bits per heavy atom. The van der Waals surface area contributed by atoms with E-state index in [2.05, 4.69) is 5.32 Å². The van der Waals surface area contributed by atoms with Crippen molar-refractivity contribution in [3.8, 4) is 5.75 Å². The fourth-order valence-electron chi connectivity index (χ4n) is 1.65. The van der Waals surface area contributed by atoms with Crippen LogP contribution in [0.15, 0.2) is 36.4 Å². The first-order valence-electron chi connectivity index (χ1n) is 5.61. The van der Waals surface area contributed by atoms with Crippen LogP contribution in [0.1, 0.15) is 5.56 Å². The maximum absolute atomic E-state index is 6.07. The smallest absolute Gasteiger partial charge is 0.137 e. The van der Waals surface area contributed by atoms with Crippen molar-refractivity contribution < 1.29 is 4.74 Å². The van der Waals surface area contributed by atoms with Crippen molar-refractivity contribution in [1.29, 1.82) is 0 Å². The normalized spacial score (nSPS) is 10.3.